The number of carbonyl (C=O) groups is 1. The van der Waals surface area contributed by atoms with Crippen molar-refractivity contribution >= 4 is 11.6 Å². The minimum absolute atomic E-state index is 0.0265. The Morgan fingerprint density at radius 3 is 2.90 bits per heavy atom. The van der Waals surface area contributed by atoms with Crippen molar-refractivity contribution in [1.82, 2.24) is 9.88 Å². The molecule has 5 heteroatoms. The van der Waals surface area contributed by atoms with Crippen molar-refractivity contribution in [3.8, 4) is 0 Å². The third-order valence-corrected chi connectivity index (χ3v) is 4.11. The zero-order valence-electron chi connectivity index (χ0n) is 13.1. The molecule has 0 aliphatic carbocycles. The topological polar surface area (TPSA) is 63.1 Å². The quantitative estimate of drug-likeness (QED) is 0.891. The average molecular weight is 291 g/mol. The number of rotatable bonds is 4. The van der Waals surface area contributed by atoms with Gasteiger partial charge in [-0.2, -0.15) is 0 Å². The van der Waals surface area contributed by atoms with E-state index in [0.717, 1.165) is 25.8 Å². The van der Waals surface area contributed by atoms with Gasteiger partial charge in [-0.25, -0.2) is 0 Å². The predicted molar refractivity (Wildman–Crippen MR) is 84.4 cm³/mol. The molecule has 1 aliphatic rings. The third kappa shape index (κ3) is 3.73. The van der Waals surface area contributed by atoms with Gasteiger partial charge < -0.3 is 15.2 Å². The van der Waals surface area contributed by atoms with Gasteiger partial charge in [0.05, 0.1) is 11.7 Å². The summed E-state index contributed by atoms with van der Waals surface area (Å²) >= 11 is 0. The number of anilines is 1. The first-order valence-electron chi connectivity index (χ1n) is 7.69. The van der Waals surface area contributed by atoms with E-state index in [2.05, 4.69) is 24.5 Å². The first-order chi connectivity index (χ1) is 9.94. The van der Waals surface area contributed by atoms with Gasteiger partial charge in [0, 0.05) is 18.8 Å². The van der Waals surface area contributed by atoms with E-state index in [9.17, 15) is 9.59 Å². The zero-order chi connectivity index (χ0) is 15.5. The number of nitrogens with zero attached hydrogens (tertiary/aromatic N) is 1. The van der Waals surface area contributed by atoms with Gasteiger partial charge in [0.1, 0.15) is 0 Å². The van der Waals surface area contributed by atoms with Gasteiger partial charge in [-0.05, 0) is 37.3 Å². The second-order valence-corrected chi connectivity index (χ2v) is 6.42. The molecule has 0 saturated carbocycles. The van der Waals surface area contributed by atoms with Crippen LogP contribution in [0.1, 0.15) is 40.0 Å². The first-order valence-corrected chi connectivity index (χ1v) is 7.69. The van der Waals surface area contributed by atoms with Crippen LogP contribution in [0.5, 0.6) is 0 Å². The summed E-state index contributed by atoms with van der Waals surface area (Å²) < 4.78 is 1.63. The zero-order valence-corrected chi connectivity index (χ0v) is 13.1. The molecule has 1 unspecified atom stereocenters. The lowest BCUT2D eigenvalue weighted by atomic mass is 9.77. The molecule has 21 heavy (non-hydrogen) atoms. The van der Waals surface area contributed by atoms with Crippen molar-refractivity contribution in [3.05, 3.63) is 28.7 Å². The predicted octanol–water partition coefficient (Wildman–Crippen LogP) is 1.97. The highest BCUT2D eigenvalue weighted by Crippen LogP contribution is 2.30. The van der Waals surface area contributed by atoms with Crippen LogP contribution in [0.25, 0.3) is 0 Å². The highest BCUT2D eigenvalue weighted by molar-refractivity contribution is 5.95. The van der Waals surface area contributed by atoms with Crippen LogP contribution >= 0.6 is 0 Å². The SMILES string of the molecule is CCCn1cc(NC(=O)C2NCCCC2(C)C)ccc1=O. The molecular weight excluding hydrogens is 266 g/mol. The molecule has 0 radical (unpaired) electrons. The number of amides is 1. The third-order valence-electron chi connectivity index (χ3n) is 4.11. The lowest BCUT2D eigenvalue weighted by Gasteiger charge is -2.38. The normalized spacial score (nSPS) is 21.0. The number of aryl methyl sites for hydroxylation is 1. The molecule has 2 rings (SSSR count). The van der Waals surface area contributed by atoms with Crippen LogP contribution in [-0.2, 0) is 11.3 Å². The molecule has 116 valence electrons. The van der Waals surface area contributed by atoms with Crippen molar-refractivity contribution in [2.75, 3.05) is 11.9 Å². The van der Waals surface area contributed by atoms with Crippen LogP contribution < -0.4 is 16.2 Å². The van der Waals surface area contributed by atoms with Crippen LogP contribution in [0.15, 0.2) is 23.1 Å². The molecular formula is C16H25N3O2. The molecule has 2 N–H and O–H groups in total. The molecule has 1 aromatic heterocycles. The molecule has 0 aromatic carbocycles. The molecule has 1 saturated heterocycles. The fourth-order valence-electron chi connectivity index (χ4n) is 2.89. The van der Waals surface area contributed by atoms with Gasteiger partial charge in [-0.15, -0.1) is 0 Å². The molecule has 1 aliphatic heterocycles. The smallest absolute Gasteiger partial charge is 0.250 e. The van der Waals surface area contributed by atoms with Gasteiger partial charge in [0.2, 0.25) is 5.91 Å². The van der Waals surface area contributed by atoms with Crippen LogP contribution in [0.3, 0.4) is 0 Å². The second-order valence-electron chi connectivity index (χ2n) is 6.42. The Morgan fingerprint density at radius 2 is 2.24 bits per heavy atom. The molecule has 5 nitrogen and oxygen atoms in total. The van der Waals surface area contributed by atoms with E-state index in [1.54, 1.807) is 16.8 Å². The van der Waals surface area contributed by atoms with Gasteiger partial charge >= 0.3 is 0 Å². The summed E-state index contributed by atoms with van der Waals surface area (Å²) in [5.74, 6) is -0.0265. The summed E-state index contributed by atoms with van der Waals surface area (Å²) in [4.78, 5) is 24.2. The molecule has 1 fully saturated rings. The first kappa shape index (κ1) is 15.8. The van der Waals surface area contributed by atoms with E-state index in [1.807, 2.05) is 6.92 Å². The second kappa shape index (κ2) is 6.43. The fourth-order valence-corrected chi connectivity index (χ4v) is 2.89. The summed E-state index contributed by atoms with van der Waals surface area (Å²) in [6.45, 7) is 7.78. The maximum atomic E-state index is 12.5. The lowest BCUT2D eigenvalue weighted by Crippen LogP contribution is -2.53. The monoisotopic (exact) mass is 291 g/mol. The number of nitrogens with one attached hydrogen (secondary N) is 2. The van der Waals surface area contributed by atoms with E-state index >= 15 is 0 Å². The van der Waals surface area contributed by atoms with E-state index in [1.165, 1.54) is 6.07 Å². The van der Waals surface area contributed by atoms with Crippen LogP contribution in [0, 0.1) is 5.41 Å². The highest BCUT2D eigenvalue weighted by atomic mass is 16.2. The maximum Gasteiger partial charge on any atom is 0.250 e. The fraction of sp³-hybridized carbons (Fsp3) is 0.625. The number of pyridine rings is 1. The Kier molecular flexibility index (Phi) is 4.83. The number of piperidine rings is 1. The Morgan fingerprint density at radius 1 is 1.48 bits per heavy atom. The summed E-state index contributed by atoms with van der Waals surface area (Å²) in [5, 5.41) is 6.23. The Balaban J connectivity index is 2.12. The van der Waals surface area contributed by atoms with Gasteiger partial charge in [0.25, 0.3) is 5.56 Å². The van der Waals surface area contributed by atoms with Crippen molar-refractivity contribution < 1.29 is 4.79 Å². The van der Waals surface area contributed by atoms with Gasteiger partial charge in [-0.3, -0.25) is 9.59 Å². The minimum Gasteiger partial charge on any atom is -0.323 e. The van der Waals surface area contributed by atoms with E-state index in [4.69, 9.17) is 0 Å². The number of hydrogen-bond acceptors (Lipinski definition) is 3. The largest absolute Gasteiger partial charge is 0.323 e. The van der Waals surface area contributed by atoms with Crippen molar-refractivity contribution in [3.63, 3.8) is 0 Å². The summed E-state index contributed by atoms with van der Waals surface area (Å²) in [6, 6.07) is 2.98. The average Bonchev–Trinajstić information content (AvgIpc) is 2.42. The molecule has 1 atom stereocenters. The molecule has 1 aromatic rings. The molecule has 0 bridgehead atoms. The maximum absolute atomic E-state index is 12.5. The number of carbonyl (C=O) groups excluding carboxylic acids is 1. The van der Waals surface area contributed by atoms with Crippen molar-refractivity contribution in [2.45, 2.75) is 52.6 Å². The lowest BCUT2D eigenvalue weighted by molar-refractivity contribution is -0.121. The summed E-state index contributed by atoms with van der Waals surface area (Å²) in [7, 11) is 0. The Hall–Kier alpha value is -1.62. The van der Waals surface area contributed by atoms with Gasteiger partial charge in [0.15, 0.2) is 0 Å². The summed E-state index contributed by atoms with van der Waals surface area (Å²) in [5.41, 5.74) is 0.586. The molecule has 0 spiro atoms. The molecule has 2 heterocycles. The standard InChI is InChI=1S/C16H25N3O2/c1-4-10-19-11-12(6-7-13(19)20)18-15(21)14-16(2,3)8-5-9-17-14/h6-7,11,14,17H,4-5,8-10H2,1-3H3,(H,18,21). The van der Waals surface area contributed by atoms with Gasteiger partial charge in [-0.1, -0.05) is 20.8 Å². The van der Waals surface area contributed by atoms with Crippen LogP contribution in [0.4, 0.5) is 5.69 Å². The number of hydrogen-bond donors (Lipinski definition) is 2. The van der Waals surface area contributed by atoms with E-state index in [-0.39, 0.29) is 22.9 Å². The van der Waals surface area contributed by atoms with E-state index in [0.29, 0.717) is 12.2 Å². The Bertz CT molecular complexity index is 563. The highest BCUT2D eigenvalue weighted by Gasteiger charge is 2.37. The van der Waals surface area contributed by atoms with Crippen molar-refractivity contribution in [1.29, 1.82) is 0 Å². The van der Waals surface area contributed by atoms with E-state index < -0.39 is 0 Å². The van der Waals surface area contributed by atoms with Crippen LogP contribution in [0.2, 0.25) is 0 Å². The minimum atomic E-state index is -0.196. The molecule has 1 amide bonds. The van der Waals surface area contributed by atoms with Crippen LogP contribution in [-0.4, -0.2) is 23.1 Å². The summed E-state index contributed by atoms with van der Waals surface area (Å²) in [6.07, 6.45) is 4.74. The van der Waals surface area contributed by atoms with Crippen molar-refractivity contribution in [2.24, 2.45) is 5.41 Å². The Labute approximate surface area is 125 Å². The number of aromatic nitrogens is 1.